The highest BCUT2D eigenvalue weighted by atomic mass is 16.5. The fourth-order valence-corrected chi connectivity index (χ4v) is 1.81. The third-order valence-electron chi connectivity index (χ3n) is 2.67. The van der Waals surface area contributed by atoms with Gasteiger partial charge in [0.2, 0.25) is 5.88 Å². The van der Waals surface area contributed by atoms with E-state index in [1.165, 1.54) is 0 Å². The summed E-state index contributed by atoms with van der Waals surface area (Å²) < 4.78 is 7.26. The van der Waals surface area contributed by atoms with Gasteiger partial charge < -0.3 is 14.3 Å². The lowest BCUT2D eigenvalue weighted by molar-refractivity contribution is 0.328. The van der Waals surface area contributed by atoms with Gasteiger partial charge in [0.05, 0.1) is 24.6 Å². The molecule has 0 aliphatic carbocycles. The van der Waals surface area contributed by atoms with Crippen LogP contribution in [-0.4, -0.2) is 31.1 Å². The number of fused-ring (bicyclic) bond motifs is 1. The zero-order valence-corrected chi connectivity index (χ0v) is 10.2. The Morgan fingerprint density at radius 3 is 2.94 bits per heavy atom. The Hall–Kier alpha value is -2.37. The number of nitrogens with one attached hydrogen (secondary N) is 1. The van der Waals surface area contributed by atoms with Crippen LogP contribution >= 0.6 is 0 Å². The van der Waals surface area contributed by atoms with Gasteiger partial charge in [-0.25, -0.2) is 9.97 Å². The molecule has 3 rings (SSSR count). The van der Waals surface area contributed by atoms with E-state index in [4.69, 9.17) is 4.74 Å². The summed E-state index contributed by atoms with van der Waals surface area (Å²) in [5.41, 5.74) is 2.46. The Morgan fingerprint density at radius 2 is 2.22 bits per heavy atom. The average Bonchev–Trinajstić information content (AvgIpc) is 2.94. The van der Waals surface area contributed by atoms with E-state index in [2.05, 4.69) is 19.9 Å². The van der Waals surface area contributed by atoms with E-state index in [0.717, 1.165) is 17.0 Å². The first kappa shape index (κ1) is 10.8. The van der Waals surface area contributed by atoms with Crippen LogP contribution in [0.3, 0.4) is 0 Å². The Labute approximate surface area is 104 Å². The van der Waals surface area contributed by atoms with Gasteiger partial charge in [-0.15, -0.1) is 0 Å². The summed E-state index contributed by atoms with van der Waals surface area (Å²) in [4.78, 5) is 16.1. The molecule has 0 bridgehead atoms. The first-order valence-corrected chi connectivity index (χ1v) is 5.74. The SMILES string of the molecule is CCOc1ccc2[nH]c(-c3cncn3C)nc2n1. The molecule has 0 saturated carbocycles. The van der Waals surface area contributed by atoms with Gasteiger partial charge in [0.25, 0.3) is 0 Å². The number of hydrogen-bond donors (Lipinski definition) is 1. The summed E-state index contributed by atoms with van der Waals surface area (Å²) in [5, 5.41) is 0. The number of hydrogen-bond acceptors (Lipinski definition) is 4. The number of nitrogens with zero attached hydrogens (tertiary/aromatic N) is 4. The molecule has 0 aliphatic rings. The summed E-state index contributed by atoms with van der Waals surface area (Å²) in [7, 11) is 1.93. The Balaban J connectivity index is 2.08. The second-order valence-corrected chi connectivity index (χ2v) is 3.93. The molecule has 0 fully saturated rings. The number of aryl methyl sites for hydroxylation is 1. The number of ether oxygens (including phenoxy) is 1. The van der Waals surface area contributed by atoms with Crippen LogP contribution in [0.2, 0.25) is 0 Å². The van der Waals surface area contributed by atoms with E-state index in [-0.39, 0.29) is 0 Å². The summed E-state index contributed by atoms with van der Waals surface area (Å²) in [6.07, 6.45) is 3.50. The normalized spacial score (nSPS) is 11.0. The highest BCUT2D eigenvalue weighted by Crippen LogP contribution is 2.20. The molecule has 0 aliphatic heterocycles. The molecule has 0 unspecified atom stereocenters. The van der Waals surface area contributed by atoms with E-state index in [1.807, 2.05) is 30.7 Å². The van der Waals surface area contributed by atoms with Gasteiger partial charge in [-0.1, -0.05) is 0 Å². The number of imidazole rings is 2. The Morgan fingerprint density at radius 1 is 1.33 bits per heavy atom. The zero-order valence-electron chi connectivity index (χ0n) is 10.2. The minimum absolute atomic E-state index is 0.591. The van der Waals surface area contributed by atoms with E-state index in [0.29, 0.717) is 18.1 Å². The summed E-state index contributed by atoms with van der Waals surface area (Å²) in [6, 6.07) is 3.75. The van der Waals surface area contributed by atoms with Crippen LogP contribution in [0.1, 0.15) is 6.92 Å². The standard InChI is InChI=1S/C12H13N5O/c1-3-18-10-5-4-8-11(15-10)16-12(14-8)9-6-13-7-17(9)2/h4-7H,3H2,1-2H3,(H,14,15,16). The maximum atomic E-state index is 5.36. The van der Waals surface area contributed by atoms with Crippen molar-refractivity contribution in [1.82, 2.24) is 24.5 Å². The minimum atomic E-state index is 0.591. The van der Waals surface area contributed by atoms with Crippen molar-refractivity contribution in [3.63, 3.8) is 0 Å². The number of H-pyrrole nitrogens is 1. The highest BCUT2D eigenvalue weighted by Gasteiger charge is 2.09. The molecule has 0 atom stereocenters. The molecule has 0 spiro atoms. The second kappa shape index (κ2) is 4.14. The first-order valence-electron chi connectivity index (χ1n) is 5.74. The van der Waals surface area contributed by atoms with Crippen LogP contribution in [0, 0.1) is 0 Å². The highest BCUT2D eigenvalue weighted by molar-refractivity contribution is 5.75. The van der Waals surface area contributed by atoms with Gasteiger partial charge in [0, 0.05) is 13.1 Å². The van der Waals surface area contributed by atoms with Gasteiger partial charge in [0.1, 0.15) is 5.69 Å². The second-order valence-electron chi connectivity index (χ2n) is 3.93. The number of aromatic nitrogens is 5. The van der Waals surface area contributed by atoms with Crippen molar-refractivity contribution in [2.24, 2.45) is 7.05 Å². The van der Waals surface area contributed by atoms with Gasteiger partial charge in [-0.2, -0.15) is 4.98 Å². The molecular weight excluding hydrogens is 230 g/mol. The fourth-order valence-electron chi connectivity index (χ4n) is 1.81. The largest absolute Gasteiger partial charge is 0.478 e. The minimum Gasteiger partial charge on any atom is -0.478 e. The van der Waals surface area contributed by atoms with E-state index >= 15 is 0 Å². The molecule has 18 heavy (non-hydrogen) atoms. The van der Waals surface area contributed by atoms with Crippen molar-refractivity contribution in [2.45, 2.75) is 6.92 Å². The van der Waals surface area contributed by atoms with Gasteiger partial charge in [-0.3, -0.25) is 0 Å². The van der Waals surface area contributed by atoms with Crippen molar-refractivity contribution in [1.29, 1.82) is 0 Å². The number of pyridine rings is 1. The molecular formula is C12H13N5O. The van der Waals surface area contributed by atoms with Crippen LogP contribution in [0.4, 0.5) is 0 Å². The molecule has 92 valence electrons. The van der Waals surface area contributed by atoms with Crippen LogP contribution < -0.4 is 4.74 Å². The maximum Gasteiger partial charge on any atom is 0.215 e. The quantitative estimate of drug-likeness (QED) is 0.761. The molecule has 0 amide bonds. The zero-order chi connectivity index (χ0) is 12.5. The maximum absolute atomic E-state index is 5.36. The topological polar surface area (TPSA) is 68.6 Å². The van der Waals surface area contributed by atoms with Crippen molar-refractivity contribution in [3.8, 4) is 17.4 Å². The van der Waals surface area contributed by atoms with Crippen LogP contribution in [0.15, 0.2) is 24.7 Å². The molecule has 0 saturated heterocycles. The van der Waals surface area contributed by atoms with Crippen molar-refractivity contribution < 1.29 is 4.74 Å². The van der Waals surface area contributed by atoms with Crippen molar-refractivity contribution in [2.75, 3.05) is 6.61 Å². The predicted octanol–water partition coefficient (Wildman–Crippen LogP) is 1.76. The van der Waals surface area contributed by atoms with Gasteiger partial charge >= 0.3 is 0 Å². The first-order chi connectivity index (χ1) is 8.78. The Bertz CT molecular complexity index is 685. The molecule has 3 aromatic heterocycles. The smallest absolute Gasteiger partial charge is 0.215 e. The van der Waals surface area contributed by atoms with Gasteiger partial charge in [-0.05, 0) is 13.0 Å². The van der Waals surface area contributed by atoms with Crippen LogP contribution in [-0.2, 0) is 7.05 Å². The third kappa shape index (κ3) is 1.71. The lowest BCUT2D eigenvalue weighted by atomic mass is 10.4. The lowest BCUT2D eigenvalue weighted by Crippen LogP contribution is -1.93. The van der Waals surface area contributed by atoms with Crippen molar-refractivity contribution >= 4 is 11.2 Å². The van der Waals surface area contributed by atoms with Crippen LogP contribution in [0.25, 0.3) is 22.7 Å². The summed E-state index contributed by atoms with van der Waals surface area (Å²) in [6.45, 7) is 2.52. The molecule has 1 N–H and O–H groups in total. The molecule has 3 aromatic rings. The molecule has 3 heterocycles. The molecule has 6 heteroatoms. The van der Waals surface area contributed by atoms with E-state index in [1.54, 1.807) is 12.5 Å². The monoisotopic (exact) mass is 243 g/mol. The number of aromatic amines is 1. The van der Waals surface area contributed by atoms with E-state index < -0.39 is 0 Å². The van der Waals surface area contributed by atoms with E-state index in [9.17, 15) is 0 Å². The third-order valence-corrected chi connectivity index (χ3v) is 2.67. The van der Waals surface area contributed by atoms with Crippen molar-refractivity contribution in [3.05, 3.63) is 24.7 Å². The fraction of sp³-hybridized carbons (Fsp3) is 0.250. The lowest BCUT2D eigenvalue weighted by Gasteiger charge is -1.99. The van der Waals surface area contributed by atoms with Crippen LogP contribution in [0.5, 0.6) is 5.88 Å². The predicted molar refractivity (Wildman–Crippen MR) is 67.3 cm³/mol. The molecule has 0 radical (unpaired) electrons. The summed E-state index contributed by atoms with van der Waals surface area (Å²) >= 11 is 0. The molecule has 6 nitrogen and oxygen atoms in total. The average molecular weight is 243 g/mol. The van der Waals surface area contributed by atoms with Gasteiger partial charge in [0.15, 0.2) is 11.5 Å². The summed E-state index contributed by atoms with van der Waals surface area (Å²) in [5.74, 6) is 1.35. The number of rotatable bonds is 3. The Kier molecular flexibility index (Phi) is 2.47. The molecule has 0 aromatic carbocycles.